The number of benzene rings is 3. The lowest BCUT2D eigenvalue weighted by atomic mass is 9.88. The molecule has 0 aromatic heterocycles. The fourth-order valence-electron chi connectivity index (χ4n) is 4.54. The number of rotatable bonds is 9. The van der Waals surface area contributed by atoms with E-state index >= 15 is 0 Å². The number of β-lactam (4-membered cyclic amide) rings is 1. The number of hydrogen-bond donors (Lipinski definition) is 1. The van der Waals surface area contributed by atoms with Crippen LogP contribution in [0.3, 0.4) is 0 Å². The van der Waals surface area contributed by atoms with Gasteiger partial charge in [0, 0.05) is 23.7 Å². The van der Waals surface area contributed by atoms with Crippen molar-refractivity contribution in [1.82, 2.24) is 4.90 Å². The van der Waals surface area contributed by atoms with Gasteiger partial charge in [-0.25, -0.2) is 0 Å². The fourth-order valence-corrected chi connectivity index (χ4v) is 4.54. The maximum atomic E-state index is 13.4. The van der Waals surface area contributed by atoms with E-state index < -0.39 is 12.1 Å². The first kappa shape index (κ1) is 24.2. The van der Waals surface area contributed by atoms with Gasteiger partial charge in [0.25, 0.3) is 5.91 Å². The van der Waals surface area contributed by atoms with E-state index in [0.29, 0.717) is 35.0 Å². The Hall–Kier alpha value is -4.51. The molecule has 3 aromatic carbocycles. The van der Waals surface area contributed by atoms with E-state index in [-0.39, 0.29) is 17.7 Å². The van der Waals surface area contributed by atoms with Gasteiger partial charge in [-0.1, -0.05) is 24.3 Å². The van der Waals surface area contributed by atoms with Crippen molar-refractivity contribution < 1.29 is 23.8 Å². The number of hydrogen-bond acceptors (Lipinski definition) is 6. The zero-order valence-corrected chi connectivity index (χ0v) is 20.6. The largest absolute Gasteiger partial charge is 0.497 e. The summed E-state index contributed by atoms with van der Waals surface area (Å²) in [6, 6.07) is 21.4. The van der Waals surface area contributed by atoms with Crippen molar-refractivity contribution in [2.45, 2.75) is 31.5 Å². The third-order valence-corrected chi connectivity index (χ3v) is 6.66. The number of carbonyl (C=O) groups excluding carboxylic acids is 2. The van der Waals surface area contributed by atoms with E-state index in [9.17, 15) is 14.9 Å². The number of nitrogens with one attached hydrogen (secondary N) is 1. The molecule has 1 N–H and O–H groups in total. The lowest BCUT2D eigenvalue weighted by molar-refractivity contribution is -0.165. The van der Waals surface area contributed by atoms with Gasteiger partial charge in [0.15, 0.2) is 0 Å². The van der Waals surface area contributed by atoms with Gasteiger partial charge in [0.1, 0.15) is 29.4 Å². The second kappa shape index (κ2) is 10.2. The molecule has 2 atom stereocenters. The first-order valence-electron chi connectivity index (χ1n) is 12.1. The number of methoxy groups -OCH3 is 2. The van der Waals surface area contributed by atoms with Crippen LogP contribution < -0.4 is 19.5 Å². The molecule has 3 aromatic rings. The molecule has 1 aliphatic carbocycles. The molecule has 1 heterocycles. The van der Waals surface area contributed by atoms with Gasteiger partial charge in [0.05, 0.1) is 19.8 Å². The molecule has 1 saturated carbocycles. The van der Waals surface area contributed by atoms with E-state index in [1.807, 2.05) is 30.3 Å². The van der Waals surface area contributed by atoms with Crippen LogP contribution in [0.25, 0.3) is 0 Å². The van der Waals surface area contributed by atoms with Gasteiger partial charge in [0.2, 0.25) is 12.0 Å². The molecular weight excluding hydrogens is 470 g/mol. The Kier molecular flexibility index (Phi) is 6.69. The zero-order chi connectivity index (χ0) is 25.9. The molecule has 2 fully saturated rings. The smallest absolute Gasteiger partial charge is 0.267 e. The van der Waals surface area contributed by atoms with Crippen molar-refractivity contribution in [1.29, 1.82) is 5.26 Å². The van der Waals surface area contributed by atoms with Crippen molar-refractivity contribution in [2.24, 2.45) is 5.92 Å². The number of ether oxygens (including phenoxy) is 3. The first-order chi connectivity index (χ1) is 18.0. The SMILES string of the molecule is COc1ccc(OC)c([C@@H]2[C@@H](Oc3ccccc3C#N)C(=O)N2Cc2cccc(NC(=O)C3CC3)c2)c1. The fraction of sp³-hybridized carbons (Fsp3) is 0.276. The third kappa shape index (κ3) is 4.94. The molecule has 1 saturated heterocycles. The summed E-state index contributed by atoms with van der Waals surface area (Å²) in [6.07, 6.45) is 0.996. The van der Waals surface area contributed by atoms with Gasteiger partial charge < -0.3 is 24.4 Å². The molecular formula is C29H27N3O5. The Morgan fingerprint density at radius 3 is 2.57 bits per heavy atom. The highest BCUT2D eigenvalue weighted by Crippen LogP contribution is 2.44. The summed E-state index contributed by atoms with van der Waals surface area (Å²) < 4.78 is 17.2. The Labute approximate surface area is 215 Å². The van der Waals surface area contributed by atoms with Gasteiger partial charge >= 0.3 is 0 Å². The number of nitrogens with zero attached hydrogens (tertiary/aromatic N) is 2. The van der Waals surface area contributed by atoms with E-state index in [4.69, 9.17) is 14.2 Å². The van der Waals surface area contributed by atoms with Crippen molar-refractivity contribution in [2.75, 3.05) is 19.5 Å². The van der Waals surface area contributed by atoms with Gasteiger partial charge in [-0.15, -0.1) is 0 Å². The second-order valence-corrected chi connectivity index (χ2v) is 9.13. The van der Waals surface area contributed by atoms with Crippen molar-refractivity contribution in [3.63, 3.8) is 0 Å². The summed E-state index contributed by atoms with van der Waals surface area (Å²) in [7, 11) is 3.15. The lowest BCUT2D eigenvalue weighted by Gasteiger charge is -2.47. The monoisotopic (exact) mass is 497 g/mol. The highest BCUT2D eigenvalue weighted by atomic mass is 16.5. The first-order valence-corrected chi connectivity index (χ1v) is 12.1. The van der Waals surface area contributed by atoms with Crippen LogP contribution in [0.4, 0.5) is 5.69 Å². The van der Waals surface area contributed by atoms with Crippen LogP contribution in [0.1, 0.15) is 35.6 Å². The average molecular weight is 498 g/mol. The Morgan fingerprint density at radius 1 is 1.03 bits per heavy atom. The highest BCUT2D eigenvalue weighted by molar-refractivity contribution is 5.94. The molecule has 0 bridgehead atoms. The maximum Gasteiger partial charge on any atom is 0.267 e. The molecule has 8 heteroatoms. The second-order valence-electron chi connectivity index (χ2n) is 9.13. The number of anilines is 1. The molecule has 2 aliphatic rings. The normalized spacial score (nSPS) is 18.4. The zero-order valence-electron chi connectivity index (χ0n) is 20.6. The highest BCUT2D eigenvalue weighted by Gasteiger charge is 2.51. The standard InChI is InChI=1S/C29H27N3O5/c1-35-22-12-13-25(36-2)23(15-22)26-27(37-24-9-4-3-7-20(24)16-30)29(34)32(26)17-18-6-5-8-21(14-18)31-28(33)19-10-11-19/h3-9,12-15,19,26-27H,10-11,17H2,1-2H3,(H,31,33)/t26-,27-/m1/s1. The third-order valence-electron chi connectivity index (χ3n) is 6.66. The van der Waals surface area contributed by atoms with Gasteiger partial charge in [-0.2, -0.15) is 5.26 Å². The summed E-state index contributed by atoms with van der Waals surface area (Å²) in [6.45, 7) is 0.302. The number of nitriles is 1. The molecule has 37 heavy (non-hydrogen) atoms. The van der Waals surface area contributed by atoms with E-state index in [1.165, 1.54) is 0 Å². The van der Waals surface area contributed by atoms with Crippen LogP contribution in [-0.4, -0.2) is 37.0 Å². The van der Waals surface area contributed by atoms with Crippen LogP contribution in [-0.2, 0) is 16.1 Å². The van der Waals surface area contributed by atoms with Crippen molar-refractivity contribution >= 4 is 17.5 Å². The molecule has 1 aliphatic heterocycles. The minimum Gasteiger partial charge on any atom is -0.497 e. The average Bonchev–Trinajstić information content (AvgIpc) is 3.78. The maximum absolute atomic E-state index is 13.4. The van der Waals surface area contributed by atoms with Crippen LogP contribution in [0, 0.1) is 17.2 Å². The van der Waals surface area contributed by atoms with Gasteiger partial charge in [-0.05, 0) is 60.9 Å². The van der Waals surface area contributed by atoms with E-state index in [2.05, 4.69) is 11.4 Å². The quantitative estimate of drug-likeness (QED) is 0.438. The summed E-state index contributed by atoms with van der Waals surface area (Å²) >= 11 is 0. The molecule has 5 rings (SSSR count). The molecule has 2 amide bonds. The minimum absolute atomic E-state index is 0.0285. The summed E-state index contributed by atoms with van der Waals surface area (Å²) in [5.74, 6) is 1.47. The van der Waals surface area contributed by atoms with Crippen LogP contribution >= 0.6 is 0 Å². The Morgan fingerprint density at radius 2 is 1.84 bits per heavy atom. The summed E-state index contributed by atoms with van der Waals surface area (Å²) in [5.41, 5.74) is 2.65. The predicted molar refractivity (Wildman–Crippen MR) is 136 cm³/mol. The number of carbonyl (C=O) groups is 2. The molecule has 0 radical (unpaired) electrons. The topological polar surface area (TPSA) is 101 Å². The summed E-state index contributed by atoms with van der Waals surface area (Å²) in [5, 5.41) is 12.5. The molecule has 0 unspecified atom stereocenters. The number of likely N-dealkylation sites (tertiary alicyclic amines) is 1. The summed E-state index contributed by atoms with van der Waals surface area (Å²) in [4.78, 5) is 27.4. The van der Waals surface area contributed by atoms with Crippen molar-refractivity contribution in [3.8, 4) is 23.3 Å². The Balaban J connectivity index is 1.46. The molecule has 188 valence electrons. The number of amides is 2. The van der Waals surface area contributed by atoms with Crippen molar-refractivity contribution in [3.05, 3.63) is 83.4 Å². The van der Waals surface area contributed by atoms with E-state index in [0.717, 1.165) is 24.0 Å². The van der Waals surface area contributed by atoms with Gasteiger partial charge in [-0.3, -0.25) is 9.59 Å². The minimum atomic E-state index is -0.853. The molecule has 8 nitrogen and oxygen atoms in total. The number of para-hydroxylation sites is 1. The van der Waals surface area contributed by atoms with Crippen LogP contribution in [0.2, 0.25) is 0 Å². The van der Waals surface area contributed by atoms with Crippen LogP contribution in [0.15, 0.2) is 66.7 Å². The lowest BCUT2D eigenvalue weighted by Crippen LogP contribution is -2.60. The van der Waals surface area contributed by atoms with E-state index in [1.54, 1.807) is 55.5 Å². The predicted octanol–water partition coefficient (Wildman–Crippen LogP) is 4.46. The molecule has 0 spiro atoms. The Bertz CT molecular complexity index is 1380. The van der Waals surface area contributed by atoms with Crippen LogP contribution in [0.5, 0.6) is 17.2 Å².